The highest BCUT2D eigenvalue weighted by atomic mass is 35.5. The van der Waals surface area contributed by atoms with Crippen molar-refractivity contribution < 1.29 is 14.4 Å². The van der Waals surface area contributed by atoms with E-state index in [4.69, 9.17) is 11.6 Å². The highest BCUT2D eigenvalue weighted by molar-refractivity contribution is 6.30. The molecule has 3 aromatic carbocycles. The highest BCUT2D eigenvalue weighted by Crippen LogP contribution is 2.50. The smallest absolute Gasteiger partial charge is 0.256 e. The standard InChI is InChI=1S/C25H21ClFNO3/c1-16-22(17-7-11-20(26)12-8-17)15-25(29,19-5-3-2-4-6-19)24(28(30)31)23(16)18-9-13-21(27)14-10-18/h2-16,23-24,29H,1H3/t16-,23+,24+,25+/m0/s1. The second-order valence-electron chi connectivity index (χ2n) is 7.89. The Labute approximate surface area is 184 Å². The minimum Gasteiger partial charge on any atom is -0.374 e. The first-order valence-corrected chi connectivity index (χ1v) is 10.3. The molecule has 31 heavy (non-hydrogen) atoms. The maximum absolute atomic E-state index is 13.6. The van der Waals surface area contributed by atoms with Crippen LogP contribution in [0.4, 0.5) is 4.39 Å². The van der Waals surface area contributed by atoms with Crippen molar-refractivity contribution in [2.24, 2.45) is 5.92 Å². The number of rotatable bonds is 4. The molecule has 0 amide bonds. The fourth-order valence-corrected chi connectivity index (χ4v) is 4.72. The summed E-state index contributed by atoms with van der Waals surface area (Å²) in [5.41, 5.74) is 0.771. The lowest BCUT2D eigenvalue weighted by molar-refractivity contribution is -0.550. The number of aliphatic hydroxyl groups is 1. The van der Waals surface area contributed by atoms with Crippen LogP contribution in [0.25, 0.3) is 5.57 Å². The number of halogens is 2. The largest absolute Gasteiger partial charge is 0.374 e. The van der Waals surface area contributed by atoms with Gasteiger partial charge in [-0.2, -0.15) is 0 Å². The third-order valence-electron chi connectivity index (χ3n) is 6.09. The van der Waals surface area contributed by atoms with Crippen molar-refractivity contribution in [2.75, 3.05) is 0 Å². The van der Waals surface area contributed by atoms with E-state index in [9.17, 15) is 19.6 Å². The SMILES string of the molecule is C[C@H]1C(c2ccc(Cl)cc2)=C[C@@](O)(c2ccccc2)[C@H]([N+](=O)[O-])[C@H]1c1ccc(F)cc1. The fraction of sp³-hybridized carbons (Fsp3) is 0.200. The zero-order valence-electron chi connectivity index (χ0n) is 16.8. The van der Waals surface area contributed by atoms with E-state index >= 15 is 0 Å². The van der Waals surface area contributed by atoms with Crippen molar-refractivity contribution in [1.82, 2.24) is 0 Å². The van der Waals surface area contributed by atoms with Gasteiger partial charge in [-0.15, -0.1) is 0 Å². The maximum Gasteiger partial charge on any atom is 0.256 e. The molecule has 0 saturated carbocycles. The molecule has 0 saturated heterocycles. The van der Waals surface area contributed by atoms with Crippen LogP contribution < -0.4 is 0 Å². The number of nitrogens with zero attached hydrogens (tertiary/aromatic N) is 1. The van der Waals surface area contributed by atoms with Crippen molar-refractivity contribution in [2.45, 2.75) is 24.5 Å². The third kappa shape index (κ3) is 3.87. The topological polar surface area (TPSA) is 63.4 Å². The molecule has 1 N–H and O–H groups in total. The predicted octanol–water partition coefficient (Wildman–Crippen LogP) is 5.83. The summed E-state index contributed by atoms with van der Waals surface area (Å²) in [4.78, 5) is 11.9. The van der Waals surface area contributed by atoms with E-state index in [1.807, 2.05) is 19.1 Å². The van der Waals surface area contributed by atoms with E-state index in [1.54, 1.807) is 60.7 Å². The van der Waals surface area contributed by atoms with Gasteiger partial charge in [0.05, 0.1) is 5.92 Å². The first-order valence-electron chi connectivity index (χ1n) is 9.97. The van der Waals surface area contributed by atoms with E-state index in [-0.39, 0.29) is 5.92 Å². The Morgan fingerprint density at radius 2 is 1.61 bits per heavy atom. The van der Waals surface area contributed by atoms with Crippen molar-refractivity contribution in [3.63, 3.8) is 0 Å². The van der Waals surface area contributed by atoms with Gasteiger partial charge in [0.25, 0.3) is 6.04 Å². The van der Waals surface area contributed by atoms with Crippen LogP contribution >= 0.6 is 11.6 Å². The zero-order valence-corrected chi connectivity index (χ0v) is 17.5. The molecule has 0 unspecified atom stereocenters. The summed E-state index contributed by atoms with van der Waals surface area (Å²) in [5, 5.41) is 24.8. The monoisotopic (exact) mass is 437 g/mol. The quantitative estimate of drug-likeness (QED) is 0.412. The normalized spacial score (nSPS) is 25.7. The summed E-state index contributed by atoms with van der Waals surface area (Å²) in [5.74, 6) is -1.42. The maximum atomic E-state index is 13.6. The molecule has 3 aromatic rings. The van der Waals surface area contributed by atoms with Gasteiger partial charge in [-0.25, -0.2) is 4.39 Å². The van der Waals surface area contributed by atoms with Crippen molar-refractivity contribution in [3.05, 3.63) is 123 Å². The number of hydrogen-bond donors (Lipinski definition) is 1. The van der Waals surface area contributed by atoms with E-state index in [1.165, 1.54) is 12.1 Å². The van der Waals surface area contributed by atoms with Crippen molar-refractivity contribution >= 4 is 17.2 Å². The Hall–Kier alpha value is -3.02. The molecule has 0 bridgehead atoms. The minimum atomic E-state index is -1.86. The molecule has 6 heteroatoms. The minimum absolute atomic E-state index is 0.314. The summed E-state index contributed by atoms with van der Waals surface area (Å²) in [7, 11) is 0. The Bertz CT molecular complexity index is 1120. The Morgan fingerprint density at radius 1 is 1.00 bits per heavy atom. The van der Waals surface area contributed by atoms with Gasteiger partial charge in [0.1, 0.15) is 5.82 Å². The molecule has 1 aliphatic rings. The summed E-state index contributed by atoms with van der Waals surface area (Å²) in [6.45, 7) is 1.90. The molecule has 0 spiro atoms. The first-order chi connectivity index (χ1) is 14.8. The molecule has 0 heterocycles. The molecule has 158 valence electrons. The highest BCUT2D eigenvalue weighted by Gasteiger charge is 2.56. The lowest BCUT2D eigenvalue weighted by atomic mass is 9.64. The van der Waals surface area contributed by atoms with Gasteiger partial charge in [-0.05, 0) is 58.5 Å². The number of benzene rings is 3. The summed E-state index contributed by atoms with van der Waals surface area (Å²) in [6, 6.07) is 20.2. The first kappa shape index (κ1) is 21.2. The summed E-state index contributed by atoms with van der Waals surface area (Å²) >= 11 is 6.05. The third-order valence-corrected chi connectivity index (χ3v) is 6.34. The molecular formula is C25H21ClFNO3. The molecule has 4 rings (SSSR count). The summed E-state index contributed by atoms with van der Waals surface area (Å²) < 4.78 is 13.6. The lowest BCUT2D eigenvalue weighted by Gasteiger charge is -2.42. The summed E-state index contributed by atoms with van der Waals surface area (Å²) in [6.07, 6.45) is 1.60. The van der Waals surface area contributed by atoms with Gasteiger partial charge in [0.15, 0.2) is 5.60 Å². The van der Waals surface area contributed by atoms with Gasteiger partial charge < -0.3 is 5.11 Å². The number of allylic oxidation sites excluding steroid dienone is 1. The van der Waals surface area contributed by atoms with Gasteiger partial charge >= 0.3 is 0 Å². The molecule has 0 aliphatic heterocycles. The van der Waals surface area contributed by atoms with Gasteiger partial charge in [0, 0.05) is 9.95 Å². The van der Waals surface area contributed by atoms with Gasteiger partial charge in [-0.3, -0.25) is 10.1 Å². The molecule has 0 aromatic heterocycles. The number of hydrogen-bond acceptors (Lipinski definition) is 3. The van der Waals surface area contributed by atoms with E-state index in [0.29, 0.717) is 16.1 Å². The van der Waals surface area contributed by atoms with E-state index < -0.39 is 28.3 Å². The van der Waals surface area contributed by atoms with Gasteiger partial charge in [0.2, 0.25) is 0 Å². The average Bonchev–Trinajstić information content (AvgIpc) is 2.76. The van der Waals surface area contributed by atoms with Crippen LogP contribution in [0.3, 0.4) is 0 Å². The molecular weight excluding hydrogens is 417 g/mol. The molecule has 4 nitrogen and oxygen atoms in total. The van der Waals surface area contributed by atoms with Crippen molar-refractivity contribution in [3.8, 4) is 0 Å². The Balaban J connectivity index is 1.97. The lowest BCUT2D eigenvalue weighted by Crippen LogP contribution is -2.51. The second kappa shape index (κ2) is 8.25. The Kier molecular flexibility index (Phi) is 5.65. The van der Waals surface area contributed by atoms with E-state index in [0.717, 1.165) is 11.1 Å². The van der Waals surface area contributed by atoms with Crippen LogP contribution in [0.15, 0.2) is 84.9 Å². The van der Waals surface area contributed by atoms with Crippen LogP contribution in [0.1, 0.15) is 29.5 Å². The molecule has 0 fully saturated rings. The molecule has 4 atom stereocenters. The van der Waals surface area contributed by atoms with Crippen LogP contribution in [-0.2, 0) is 5.60 Å². The Morgan fingerprint density at radius 3 is 2.19 bits per heavy atom. The van der Waals surface area contributed by atoms with Crippen LogP contribution in [0, 0.1) is 21.8 Å². The molecule has 1 aliphatic carbocycles. The molecule has 0 radical (unpaired) electrons. The van der Waals surface area contributed by atoms with Crippen LogP contribution in [-0.4, -0.2) is 16.1 Å². The predicted molar refractivity (Wildman–Crippen MR) is 119 cm³/mol. The number of nitro groups is 1. The van der Waals surface area contributed by atoms with Gasteiger partial charge in [-0.1, -0.05) is 73.1 Å². The van der Waals surface area contributed by atoms with Crippen LogP contribution in [0.5, 0.6) is 0 Å². The average molecular weight is 438 g/mol. The second-order valence-corrected chi connectivity index (χ2v) is 8.33. The van der Waals surface area contributed by atoms with Crippen LogP contribution in [0.2, 0.25) is 5.02 Å². The van der Waals surface area contributed by atoms with Crippen molar-refractivity contribution in [1.29, 1.82) is 0 Å². The van der Waals surface area contributed by atoms with E-state index in [2.05, 4.69) is 0 Å². The fourth-order valence-electron chi connectivity index (χ4n) is 4.59. The zero-order chi connectivity index (χ0) is 22.2.